The van der Waals surface area contributed by atoms with Crippen LogP contribution in [0.2, 0.25) is 5.02 Å². The second-order valence-electron chi connectivity index (χ2n) is 6.28. The molecule has 0 radical (unpaired) electrons. The summed E-state index contributed by atoms with van der Waals surface area (Å²) in [6.07, 6.45) is 0. The van der Waals surface area contributed by atoms with Gasteiger partial charge in [-0.05, 0) is 42.2 Å². The molecule has 0 aliphatic heterocycles. The zero-order valence-electron chi connectivity index (χ0n) is 15.0. The fourth-order valence-electron chi connectivity index (χ4n) is 2.70. The summed E-state index contributed by atoms with van der Waals surface area (Å²) in [6.45, 7) is 7.35. The molecule has 2 aromatic carbocycles. The number of para-hydroxylation sites is 1. The van der Waals surface area contributed by atoms with E-state index in [1.54, 1.807) is 18.2 Å². The largest absolute Gasteiger partial charge is 0.324 e. The number of carbonyl (C=O) groups is 2. The maximum absolute atomic E-state index is 12.5. The number of hydrogen-bond acceptors (Lipinski definition) is 2. The molecule has 2 rings (SSSR count). The fraction of sp³-hybridized carbons (Fsp3) is 0.300. The lowest BCUT2D eigenvalue weighted by molar-refractivity contribution is -0.120. The van der Waals surface area contributed by atoms with E-state index in [2.05, 4.69) is 19.2 Å². The molecule has 0 aliphatic rings. The van der Waals surface area contributed by atoms with Gasteiger partial charge in [0.15, 0.2) is 0 Å². The molecule has 0 heterocycles. The summed E-state index contributed by atoms with van der Waals surface area (Å²) in [5.41, 5.74) is 3.25. The fourth-order valence-corrected chi connectivity index (χ4v) is 2.87. The van der Waals surface area contributed by atoms with Gasteiger partial charge in [0.05, 0.1) is 0 Å². The van der Waals surface area contributed by atoms with Crippen molar-refractivity contribution in [3.8, 4) is 0 Å². The third-order valence-electron chi connectivity index (χ3n) is 4.07. The van der Waals surface area contributed by atoms with Gasteiger partial charge in [0.25, 0.3) is 0 Å². The van der Waals surface area contributed by atoms with Crippen molar-refractivity contribution in [2.45, 2.75) is 33.6 Å². The van der Waals surface area contributed by atoms with E-state index in [1.807, 2.05) is 31.2 Å². The van der Waals surface area contributed by atoms with Gasteiger partial charge < -0.3 is 10.2 Å². The van der Waals surface area contributed by atoms with Crippen LogP contribution in [0, 0.1) is 6.92 Å². The minimum atomic E-state index is -0.248. The van der Waals surface area contributed by atoms with Crippen molar-refractivity contribution in [2.24, 2.45) is 0 Å². The number of benzene rings is 2. The molecule has 25 heavy (non-hydrogen) atoms. The average molecular weight is 359 g/mol. The Morgan fingerprint density at radius 2 is 1.80 bits per heavy atom. The Hall–Kier alpha value is -2.33. The maximum atomic E-state index is 12.5. The van der Waals surface area contributed by atoms with Crippen LogP contribution in [0.1, 0.15) is 37.8 Å². The van der Waals surface area contributed by atoms with Gasteiger partial charge in [-0.1, -0.05) is 49.7 Å². The molecule has 0 fully saturated rings. The van der Waals surface area contributed by atoms with Crippen molar-refractivity contribution in [1.82, 2.24) is 0 Å². The van der Waals surface area contributed by atoms with Gasteiger partial charge in [-0.3, -0.25) is 9.59 Å². The lowest BCUT2D eigenvalue weighted by Crippen LogP contribution is -2.37. The molecule has 132 valence electrons. The summed E-state index contributed by atoms with van der Waals surface area (Å²) in [7, 11) is 0. The summed E-state index contributed by atoms with van der Waals surface area (Å²) >= 11 is 6.15. The van der Waals surface area contributed by atoms with Crippen LogP contribution in [0.5, 0.6) is 0 Å². The highest BCUT2D eigenvalue weighted by atomic mass is 35.5. The highest BCUT2D eigenvalue weighted by Gasteiger charge is 2.19. The van der Waals surface area contributed by atoms with Crippen LogP contribution in [-0.2, 0) is 9.59 Å². The van der Waals surface area contributed by atoms with E-state index in [9.17, 15) is 9.59 Å². The highest BCUT2D eigenvalue weighted by Crippen LogP contribution is 2.27. The highest BCUT2D eigenvalue weighted by molar-refractivity contribution is 6.31. The quantitative estimate of drug-likeness (QED) is 0.837. The zero-order valence-corrected chi connectivity index (χ0v) is 15.7. The number of nitrogens with one attached hydrogen (secondary N) is 1. The molecule has 0 unspecified atom stereocenters. The first-order valence-corrected chi connectivity index (χ1v) is 8.61. The van der Waals surface area contributed by atoms with Crippen molar-refractivity contribution in [1.29, 1.82) is 0 Å². The monoisotopic (exact) mass is 358 g/mol. The predicted molar refractivity (Wildman–Crippen MR) is 103 cm³/mol. The standard InChI is InChI=1S/C20H23ClN2O2/c1-13(2)16-8-5-6-10-18(16)22-20(25)12-23(15(4)24)19-11-7-9-17(21)14(19)3/h5-11,13H,12H2,1-4H3,(H,22,25). The van der Waals surface area contributed by atoms with Gasteiger partial charge in [0.2, 0.25) is 11.8 Å². The average Bonchev–Trinajstić information content (AvgIpc) is 2.55. The Bertz CT molecular complexity index is 787. The molecular formula is C20H23ClN2O2. The first-order chi connectivity index (χ1) is 11.8. The molecule has 2 aromatic rings. The van der Waals surface area contributed by atoms with E-state index in [4.69, 9.17) is 11.6 Å². The smallest absolute Gasteiger partial charge is 0.244 e. The molecule has 0 saturated carbocycles. The molecule has 0 atom stereocenters. The minimum Gasteiger partial charge on any atom is -0.324 e. The van der Waals surface area contributed by atoms with E-state index in [0.717, 1.165) is 16.8 Å². The Morgan fingerprint density at radius 3 is 2.44 bits per heavy atom. The van der Waals surface area contributed by atoms with Crippen LogP contribution in [0.4, 0.5) is 11.4 Å². The summed E-state index contributed by atoms with van der Waals surface area (Å²) in [5.74, 6) is -0.170. The van der Waals surface area contributed by atoms with E-state index < -0.39 is 0 Å². The van der Waals surface area contributed by atoms with Crippen molar-refractivity contribution >= 4 is 34.8 Å². The predicted octanol–water partition coefficient (Wildman–Crippen LogP) is 4.76. The number of anilines is 2. The van der Waals surface area contributed by atoms with Gasteiger partial charge in [-0.2, -0.15) is 0 Å². The normalized spacial score (nSPS) is 10.6. The van der Waals surface area contributed by atoms with Crippen molar-refractivity contribution in [3.05, 3.63) is 58.6 Å². The Balaban J connectivity index is 2.22. The minimum absolute atomic E-state index is 0.0665. The Labute approximate surface area is 153 Å². The van der Waals surface area contributed by atoms with Crippen LogP contribution in [0.25, 0.3) is 0 Å². The molecular weight excluding hydrogens is 336 g/mol. The zero-order chi connectivity index (χ0) is 18.6. The van der Waals surface area contributed by atoms with Gasteiger partial charge in [0, 0.05) is 23.3 Å². The van der Waals surface area contributed by atoms with Crippen LogP contribution in [0.3, 0.4) is 0 Å². The molecule has 0 saturated heterocycles. The number of hydrogen-bond donors (Lipinski definition) is 1. The van der Waals surface area contributed by atoms with Crippen LogP contribution in [-0.4, -0.2) is 18.4 Å². The third kappa shape index (κ3) is 4.60. The molecule has 0 aromatic heterocycles. The van der Waals surface area contributed by atoms with Crippen LogP contribution >= 0.6 is 11.6 Å². The van der Waals surface area contributed by atoms with Gasteiger partial charge in [-0.15, -0.1) is 0 Å². The second-order valence-corrected chi connectivity index (χ2v) is 6.69. The molecule has 4 nitrogen and oxygen atoms in total. The van der Waals surface area contributed by atoms with Crippen molar-refractivity contribution in [2.75, 3.05) is 16.8 Å². The molecule has 2 amide bonds. The molecule has 1 N–H and O–H groups in total. The van der Waals surface area contributed by atoms with Crippen LogP contribution in [0.15, 0.2) is 42.5 Å². The molecule has 0 spiro atoms. The number of rotatable bonds is 5. The van der Waals surface area contributed by atoms with E-state index in [1.165, 1.54) is 11.8 Å². The number of halogens is 1. The summed E-state index contributed by atoms with van der Waals surface area (Å²) in [5, 5.41) is 3.48. The van der Waals surface area contributed by atoms with Gasteiger partial charge in [-0.25, -0.2) is 0 Å². The topological polar surface area (TPSA) is 49.4 Å². The third-order valence-corrected chi connectivity index (χ3v) is 4.48. The van der Waals surface area contributed by atoms with Gasteiger partial charge >= 0.3 is 0 Å². The molecule has 0 aliphatic carbocycles. The van der Waals surface area contributed by atoms with Crippen molar-refractivity contribution in [3.63, 3.8) is 0 Å². The lowest BCUT2D eigenvalue weighted by Gasteiger charge is -2.23. The number of nitrogens with zero attached hydrogens (tertiary/aromatic N) is 1. The molecule has 5 heteroatoms. The maximum Gasteiger partial charge on any atom is 0.244 e. The SMILES string of the molecule is CC(=O)N(CC(=O)Nc1ccccc1C(C)C)c1cccc(Cl)c1C. The van der Waals surface area contributed by atoms with Gasteiger partial charge in [0.1, 0.15) is 6.54 Å². The van der Waals surface area contributed by atoms with E-state index in [-0.39, 0.29) is 24.3 Å². The van der Waals surface area contributed by atoms with Crippen LogP contribution < -0.4 is 10.2 Å². The van der Waals surface area contributed by atoms with Crippen molar-refractivity contribution < 1.29 is 9.59 Å². The summed E-state index contributed by atoms with van der Waals surface area (Å²) in [6, 6.07) is 13.0. The van der Waals surface area contributed by atoms with E-state index in [0.29, 0.717) is 10.7 Å². The first-order valence-electron chi connectivity index (χ1n) is 8.23. The second kappa shape index (κ2) is 8.17. The Kier molecular flexibility index (Phi) is 6.21. The Morgan fingerprint density at radius 1 is 1.12 bits per heavy atom. The summed E-state index contributed by atoms with van der Waals surface area (Å²) < 4.78 is 0. The first kappa shape index (κ1) is 19.0. The lowest BCUT2D eigenvalue weighted by atomic mass is 10.0. The number of carbonyl (C=O) groups excluding carboxylic acids is 2. The van der Waals surface area contributed by atoms with E-state index >= 15 is 0 Å². The number of amides is 2. The summed E-state index contributed by atoms with van der Waals surface area (Å²) in [4.78, 5) is 26.0. The molecule has 0 bridgehead atoms.